The molecule has 1 rings (SSSR count). The minimum Gasteiger partial charge on any atom is -0.504 e. The fourth-order valence-electron chi connectivity index (χ4n) is 0.878. The van der Waals surface area contributed by atoms with Crippen molar-refractivity contribution in [3.05, 3.63) is 17.7 Å². The van der Waals surface area contributed by atoms with E-state index in [1.54, 1.807) is 6.92 Å². The number of phenolic OH excluding ortho intramolecular Hbond substituents is 2. The first-order valence-electron chi connectivity index (χ1n) is 3.44. The summed E-state index contributed by atoms with van der Waals surface area (Å²) in [5, 5.41) is 26.5. The Hall–Kier alpha value is -1.91. The van der Waals surface area contributed by atoms with Gasteiger partial charge in [-0.1, -0.05) is 6.07 Å². The van der Waals surface area contributed by atoms with Crippen molar-refractivity contribution < 1.29 is 24.9 Å². The molecule has 13 heavy (non-hydrogen) atoms. The number of carbonyl (C=O) groups is 1. The third-order valence-corrected chi connectivity index (χ3v) is 1.50. The Labute approximate surface area is 73.8 Å². The molecule has 70 valence electrons. The van der Waals surface area contributed by atoms with Gasteiger partial charge in [-0.3, -0.25) is 0 Å². The molecule has 0 saturated heterocycles. The van der Waals surface area contributed by atoms with Crippen molar-refractivity contribution in [3.8, 4) is 17.2 Å². The van der Waals surface area contributed by atoms with E-state index in [1.165, 1.54) is 12.1 Å². The van der Waals surface area contributed by atoms with Crippen LogP contribution < -0.4 is 4.74 Å². The Morgan fingerprint density at radius 3 is 2.54 bits per heavy atom. The molecule has 0 amide bonds. The predicted octanol–water partition coefficient (Wildman–Crippen LogP) is 1.46. The molecule has 0 radical (unpaired) electrons. The van der Waals surface area contributed by atoms with Crippen molar-refractivity contribution in [1.29, 1.82) is 0 Å². The SMILES string of the molecule is Cc1ccc(O)c(O)c1OC(=O)O. The van der Waals surface area contributed by atoms with Gasteiger partial charge in [0, 0.05) is 0 Å². The van der Waals surface area contributed by atoms with E-state index in [1.807, 2.05) is 0 Å². The summed E-state index contributed by atoms with van der Waals surface area (Å²) in [5.74, 6) is -1.23. The van der Waals surface area contributed by atoms with Crippen LogP contribution >= 0.6 is 0 Å². The molecular weight excluding hydrogens is 176 g/mol. The lowest BCUT2D eigenvalue weighted by molar-refractivity contribution is 0.142. The zero-order valence-corrected chi connectivity index (χ0v) is 6.81. The highest BCUT2D eigenvalue weighted by atomic mass is 16.7. The van der Waals surface area contributed by atoms with Gasteiger partial charge in [-0.25, -0.2) is 4.79 Å². The Kier molecular flexibility index (Phi) is 2.27. The number of rotatable bonds is 1. The molecule has 0 unspecified atom stereocenters. The minimum atomic E-state index is -1.54. The van der Waals surface area contributed by atoms with Gasteiger partial charge in [0.15, 0.2) is 11.5 Å². The highest BCUT2D eigenvalue weighted by Gasteiger charge is 2.13. The number of aromatic hydroxyl groups is 2. The number of carboxylic acid groups (broad SMARTS) is 1. The van der Waals surface area contributed by atoms with E-state index >= 15 is 0 Å². The summed E-state index contributed by atoms with van der Waals surface area (Å²) in [6, 6.07) is 2.69. The standard InChI is InChI=1S/C8H8O5/c1-4-2-3-5(9)6(10)7(4)13-8(11)12/h2-3,9-10H,1H3,(H,11,12). The molecule has 3 N–H and O–H groups in total. The summed E-state index contributed by atoms with van der Waals surface area (Å²) in [4.78, 5) is 10.2. The molecule has 5 nitrogen and oxygen atoms in total. The minimum absolute atomic E-state index is 0.243. The van der Waals surface area contributed by atoms with E-state index in [-0.39, 0.29) is 5.75 Å². The summed E-state index contributed by atoms with van der Waals surface area (Å²) in [6.45, 7) is 1.55. The molecule has 5 heteroatoms. The van der Waals surface area contributed by atoms with Gasteiger partial charge in [0.05, 0.1) is 0 Å². The lowest BCUT2D eigenvalue weighted by Gasteiger charge is -2.06. The molecule has 0 aliphatic carbocycles. The molecule has 0 aromatic heterocycles. The van der Waals surface area contributed by atoms with Crippen LogP contribution in [0.2, 0.25) is 0 Å². The summed E-state index contributed by atoms with van der Waals surface area (Å²) in [5.41, 5.74) is 0.428. The van der Waals surface area contributed by atoms with Crippen LogP contribution in [0.3, 0.4) is 0 Å². The normalized spacial score (nSPS) is 9.62. The van der Waals surface area contributed by atoms with E-state index in [2.05, 4.69) is 4.74 Å². The Morgan fingerprint density at radius 2 is 2.00 bits per heavy atom. The highest BCUT2D eigenvalue weighted by Crippen LogP contribution is 2.37. The smallest absolute Gasteiger partial charge is 0.504 e. The van der Waals surface area contributed by atoms with Gasteiger partial charge in [-0.05, 0) is 18.6 Å². The van der Waals surface area contributed by atoms with Crippen LogP contribution in [0.1, 0.15) is 5.56 Å². The van der Waals surface area contributed by atoms with Gasteiger partial charge in [0.2, 0.25) is 5.75 Å². The summed E-state index contributed by atoms with van der Waals surface area (Å²) in [6.07, 6.45) is -1.54. The molecule has 0 aliphatic rings. The van der Waals surface area contributed by atoms with E-state index in [4.69, 9.17) is 10.2 Å². The topological polar surface area (TPSA) is 87.0 Å². The molecule has 1 aromatic carbocycles. The third kappa shape index (κ3) is 1.81. The number of hydrogen-bond acceptors (Lipinski definition) is 4. The Balaban J connectivity index is 3.17. The van der Waals surface area contributed by atoms with Gasteiger partial charge in [-0.2, -0.15) is 0 Å². The number of phenols is 2. The van der Waals surface area contributed by atoms with Gasteiger partial charge in [0.25, 0.3) is 0 Å². The molecule has 0 saturated carbocycles. The van der Waals surface area contributed by atoms with Crippen molar-refractivity contribution in [2.24, 2.45) is 0 Å². The zero-order valence-electron chi connectivity index (χ0n) is 6.81. The average molecular weight is 184 g/mol. The van der Waals surface area contributed by atoms with Gasteiger partial charge in [0.1, 0.15) is 0 Å². The monoisotopic (exact) mass is 184 g/mol. The number of ether oxygens (including phenoxy) is 1. The van der Waals surface area contributed by atoms with Gasteiger partial charge >= 0.3 is 6.16 Å². The van der Waals surface area contributed by atoms with Crippen LogP contribution in [0.5, 0.6) is 17.2 Å². The van der Waals surface area contributed by atoms with Crippen LogP contribution in [0, 0.1) is 6.92 Å². The first-order valence-corrected chi connectivity index (χ1v) is 3.44. The van der Waals surface area contributed by atoms with Crippen LogP contribution in [-0.2, 0) is 0 Å². The van der Waals surface area contributed by atoms with Crippen molar-refractivity contribution in [3.63, 3.8) is 0 Å². The highest BCUT2D eigenvalue weighted by molar-refractivity contribution is 5.66. The average Bonchev–Trinajstić information content (AvgIpc) is 2.05. The number of benzene rings is 1. The van der Waals surface area contributed by atoms with Crippen LogP contribution in [0.25, 0.3) is 0 Å². The van der Waals surface area contributed by atoms with Crippen molar-refractivity contribution in [1.82, 2.24) is 0 Å². The largest absolute Gasteiger partial charge is 0.511 e. The van der Waals surface area contributed by atoms with E-state index < -0.39 is 17.7 Å². The summed E-state index contributed by atoms with van der Waals surface area (Å²) in [7, 11) is 0. The zero-order chi connectivity index (χ0) is 10.0. The quantitative estimate of drug-likeness (QED) is 0.349. The Bertz CT molecular complexity index is 345. The van der Waals surface area contributed by atoms with Gasteiger partial charge in [-0.15, -0.1) is 0 Å². The molecule has 0 heterocycles. The van der Waals surface area contributed by atoms with Crippen molar-refractivity contribution >= 4 is 6.16 Å². The first kappa shape index (κ1) is 9.18. The van der Waals surface area contributed by atoms with Crippen molar-refractivity contribution in [2.75, 3.05) is 0 Å². The summed E-state index contributed by atoms with van der Waals surface area (Å²) >= 11 is 0. The summed E-state index contributed by atoms with van der Waals surface area (Å²) < 4.78 is 4.26. The maximum Gasteiger partial charge on any atom is 0.511 e. The first-order chi connectivity index (χ1) is 6.02. The predicted molar refractivity (Wildman–Crippen MR) is 43.2 cm³/mol. The van der Waals surface area contributed by atoms with E-state index in [0.29, 0.717) is 5.56 Å². The fraction of sp³-hybridized carbons (Fsp3) is 0.125. The molecule has 0 fully saturated rings. The van der Waals surface area contributed by atoms with E-state index in [9.17, 15) is 9.90 Å². The number of hydrogen-bond donors (Lipinski definition) is 3. The van der Waals surface area contributed by atoms with E-state index in [0.717, 1.165) is 0 Å². The number of aryl methyl sites for hydroxylation is 1. The fourth-order valence-corrected chi connectivity index (χ4v) is 0.878. The maximum atomic E-state index is 10.2. The molecule has 0 bridgehead atoms. The van der Waals surface area contributed by atoms with Crippen LogP contribution in [0.15, 0.2) is 12.1 Å². The van der Waals surface area contributed by atoms with Crippen molar-refractivity contribution in [2.45, 2.75) is 6.92 Å². The molecular formula is C8H8O5. The Morgan fingerprint density at radius 1 is 1.38 bits per heavy atom. The second kappa shape index (κ2) is 3.22. The second-order valence-electron chi connectivity index (χ2n) is 2.45. The van der Waals surface area contributed by atoms with Crippen LogP contribution in [-0.4, -0.2) is 21.5 Å². The third-order valence-electron chi connectivity index (χ3n) is 1.50. The molecule has 0 spiro atoms. The molecule has 0 atom stereocenters. The molecule has 0 aliphatic heterocycles. The second-order valence-corrected chi connectivity index (χ2v) is 2.45. The van der Waals surface area contributed by atoms with Crippen LogP contribution in [0.4, 0.5) is 4.79 Å². The lowest BCUT2D eigenvalue weighted by atomic mass is 10.2. The van der Waals surface area contributed by atoms with Gasteiger partial charge < -0.3 is 20.1 Å². The lowest BCUT2D eigenvalue weighted by Crippen LogP contribution is -2.04. The molecule has 1 aromatic rings. The maximum absolute atomic E-state index is 10.2.